The van der Waals surface area contributed by atoms with Crippen molar-refractivity contribution < 1.29 is 19.0 Å². The highest BCUT2D eigenvalue weighted by Crippen LogP contribution is 2.21. The number of carbonyl (C=O) groups is 1. The van der Waals surface area contributed by atoms with Gasteiger partial charge in [0, 0.05) is 17.6 Å². The van der Waals surface area contributed by atoms with E-state index in [2.05, 4.69) is 29.2 Å². The highest BCUT2D eigenvalue weighted by molar-refractivity contribution is 7.79. The van der Waals surface area contributed by atoms with E-state index in [-0.39, 0.29) is 0 Å². The summed E-state index contributed by atoms with van der Waals surface area (Å²) in [4.78, 5) is 10.8. The fourth-order valence-electron chi connectivity index (χ4n) is 1.05. The highest BCUT2D eigenvalue weighted by atomic mass is 32.1. The molecule has 0 N–H and O–H groups in total. The molecule has 4 nitrogen and oxygen atoms in total. The molecular formula is C15H22O4S. The van der Waals surface area contributed by atoms with Crippen LogP contribution in [-0.4, -0.2) is 33.6 Å². The fourth-order valence-corrected chi connectivity index (χ4v) is 1.05. The zero-order valence-corrected chi connectivity index (χ0v) is 13.7. The number of esters is 1. The summed E-state index contributed by atoms with van der Waals surface area (Å²) >= 11 is 3.53. The van der Waals surface area contributed by atoms with Crippen LogP contribution in [0.1, 0.15) is 19.4 Å². The standard InChI is InChI=1S/C12H12O4.C2H6.CH4S/c1-14-10-6-9(4-5-12(13)16-3)7-11(8-10)15-2;2*1-2/h6-8H,1-3H3;1-2H3;2H,1H3. The van der Waals surface area contributed by atoms with Gasteiger partial charge < -0.3 is 14.2 Å². The van der Waals surface area contributed by atoms with Crippen LogP contribution in [-0.2, 0) is 9.53 Å². The van der Waals surface area contributed by atoms with Gasteiger partial charge in [0.15, 0.2) is 0 Å². The summed E-state index contributed by atoms with van der Waals surface area (Å²) in [6, 6.07) is 5.14. The van der Waals surface area contributed by atoms with Gasteiger partial charge in [-0.3, -0.25) is 0 Å². The lowest BCUT2D eigenvalue weighted by Gasteiger charge is -2.04. The van der Waals surface area contributed by atoms with Crippen molar-refractivity contribution in [1.82, 2.24) is 0 Å². The van der Waals surface area contributed by atoms with Crippen molar-refractivity contribution in [3.63, 3.8) is 0 Å². The highest BCUT2D eigenvalue weighted by Gasteiger charge is 2.00. The molecule has 20 heavy (non-hydrogen) atoms. The smallest absolute Gasteiger partial charge is 0.384 e. The Bertz CT molecular complexity index is 425. The summed E-state index contributed by atoms with van der Waals surface area (Å²) in [6.45, 7) is 4.00. The molecular weight excluding hydrogens is 276 g/mol. The summed E-state index contributed by atoms with van der Waals surface area (Å²) in [7, 11) is 4.38. The Morgan fingerprint density at radius 1 is 1.00 bits per heavy atom. The Labute approximate surface area is 126 Å². The van der Waals surface area contributed by atoms with E-state index in [4.69, 9.17) is 9.47 Å². The Hall–Kier alpha value is -1.80. The van der Waals surface area contributed by atoms with Crippen molar-refractivity contribution in [1.29, 1.82) is 0 Å². The number of ether oxygens (including phenoxy) is 3. The number of thiol groups is 1. The molecule has 0 aliphatic heterocycles. The Balaban J connectivity index is 0. The van der Waals surface area contributed by atoms with Gasteiger partial charge in [0.1, 0.15) is 11.5 Å². The molecule has 0 fully saturated rings. The molecule has 0 aromatic heterocycles. The lowest BCUT2D eigenvalue weighted by atomic mass is 10.2. The van der Waals surface area contributed by atoms with Crippen LogP contribution in [0.2, 0.25) is 0 Å². The van der Waals surface area contributed by atoms with Crippen molar-refractivity contribution in [3.8, 4) is 23.3 Å². The van der Waals surface area contributed by atoms with Crippen LogP contribution in [0, 0.1) is 11.8 Å². The van der Waals surface area contributed by atoms with Gasteiger partial charge in [-0.15, -0.1) is 0 Å². The molecule has 1 aromatic carbocycles. The Kier molecular flexibility index (Phi) is 14.0. The van der Waals surface area contributed by atoms with Gasteiger partial charge in [-0.2, -0.15) is 12.6 Å². The normalized spacial score (nSPS) is 7.55. The van der Waals surface area contributed by atoms with E-state index >= 15 is 0 Å². The van der Waals surface area contributed by atoms with Crippen LogP contribution in [0.3, 0.4) is 0 Å². The summed E-state index contributed by atoms with van der Waals surface area (Å²) in [5, 5.41) is 0. The molecule has 1 rings (SSSR count). The summed E-state index contributed by atoms with van der Waals surface area (Å²) in [5.41, 5.74) is 0.626. The van der Waals surface area contributed by atoms with Gasteiger partial charge >= 0.3 is 5.97 Å². The van der Waals surface area contributed by atoms with Crippen LogP contribution in [0.5, 0.6) is 11.5 Å². The topological polar surface area (TPSA) is 44.8 Å². The molecule has 0 amide bonds. The Morgan fingerprint density at radius 2 is 1.45 bits per heavy atom. The van der Waals surface area contributed by atoms with E-state index in [1.807, 2.05) is 13.8 Å². The van der Waals surface area contributed by atoms with Gasteiger partial charge in [0.2, 0.25) is 0 Å². The largest absolute Gasteiger partial charge is 0.497 e. The van der Waals surface area contributed by atoms with E-state index in [1.54, 1.807) is 38.7 Å². The number of carbonyl (C=O) groups excluding carboxylic acids is 1. The second kappa shape index (κ2) is 13.6. The van der Waals surface area contributed by atoms with Gasteiger partial charge in [-0.1, -0.05) is 19.8 Å². The molecule has 0 heterocycles. The molecule has 0 bridgehead atoms. The van der Waals surface area contributed by atoms with Gasteiger partial charge in [-0.25, -0.2) is 4.79 Å². The first-order chi connectivity index (χ1) is 9.69. The zero-order chi connectivity index (χ0) is 16.0. The third-order valence-corrected chi connectivity index (χ3v) is 1.85. The first-order valence-electron chi connectivity index (χ1n) is 5.97. The predicted octanol–water partition coefficient (Wildman–Crippen LogP) is 2.80. The number of rotatable bonds is 2. The molecule has 0 aliphatic rings. The summed E-state index contributed by atoms with van der Waals surface area (Å²) in [6.07, 6.45) is 1.69. The first-order valence-corrected chi connectivity index (χ1v) is 6.86. The molecule has 0 spiro atoms. The lowest BCUT2D eigenvalue weighted by Crippen LogP contribution is -1.94. The average molecular weight is 298 g/mol. The van der Waals surface area contributed by atoms with Gasteiger partial charge in [0.05, 0.1) is 21.3 Å². The van der Waals surface area contributed by atoms with E-state index in [0.29, 0.717) is 17.1 Å². The number of benzene rings is 1. The number of methoxy groups -OCH3 is 3. The molecule has 0 saturated heterocycles. The third-order valence-electron chi connectivity index (χ3n) is 1.85. The molecule has 0 radical (unpaired) electrons. The van der Waals surface area contributed by atoms with Crippen LogP contribution in [0.4, 0.5) is 0 Å². The SMILES string of the molecule is CC.COC(=O)C#Cc1cc(OC)cc(OC)c1.CS. The van der Waals surface area contributed by atoms with E-state index in [1.165, 1.54) is 7.11 Å². The van der Waals surface area contributed by atoms with Crippen molar-refractivity contribution >= 4 is 18.6 Å². The molecule has 0 saturated carbocycles. The fraction of sp³-hybridized carbons (Fsp3) is 0.400. The average Bonchev–Trinajstić information content (AvgIpc) is 2.55. The predicted molar refractivity (Wildman–Crippen MR) is 84.7 cm³/mol. The minimum Gasteiger partial charge on any atom is -0.497 e. The maximum absolute atomic E-state index is 10.8. The van der Waals surface area contributed by atoms with Gasteiger partial charge in [-0.05, 0) is 18.4 Å². The first kappa shape index (κ1) is 20.5. The van der Waals surface area contributed by atoms with Crippen LogP contribution in [0.15, 0.2) is 18.2 Å². The van der Waals surface area contributed by atoms with Crippen molar-refractivity contribution in [3.05, 3.63) is 23.8 Å². The lowest BCUT2D eigenvalue weighted by molar-refractivity contribution is -0.133. The van der Waals surface area contributed by atoms with Crippen molar-refractivity contribution in [2.24, 2.45) is 0 Å². The molecule has 0 aliphatic carbocycles. The third kappa shape index (κ3) is 8.33. The maximum atomic E-state index is 10.8. The summed E-state index contributed by atoms with van der Waals surface area (Å²) in [5.74, 6) is 5.65. The Morgan fingerprint density at radius 3 is 1.80 bits per heavy atom. The minimum atomic E-state index is -0.582. The molecule has 5 heteroatoms. The van der Waals surface area contributed by atoms with Crippen molar-refractivity contribution in [2.75, 3.05) is 27.6 Å². The van der Waals surface area contributed by atoms with E-state index < -0.39 is 5.97 Å². The van der Waals surface area contributed by atoms with Crippen LogP contribution < -0.4 is 9.47 Å². The number of hydrogen-bond acceptors (Lipinski definition) is 5. The van der Waals surface area contributed by atoms with Crippen molar-refractivity contribution in [2.45, 2.75) is 13.8 Å². The monoisotopic (exact) mass is 298 g/mol. The van der Waals surface area contributed by atoms with Crippen LogP contribution in [0.25, 0.3) is 0 Å². The number of hydrogen-bond donors (Lipinski definition) is 1. The van der Waals surface area contributed by atoms with Gasteiger partial charge in [0.25, 0.3) is 0 Å². The molecule has 0 atom stereocenters. The second-order valence-corrected chi connectivity index (χ2v) is 2.84. The quantitative estimate of drug-likeness (QED) is 0.518. The molecule has 112 valence electrons. The van der Waals surface area contributed by atoms with E-state index in [0.717, 1.165) is 0 Å². The minimum absolute atomic E-state index is 0.582. The van der Waals surface area contributed by atoms with Crippen LogP contribution >= 0.6 is 12.6 Å². The summed E-state index contributed by atoms with van der Waals surface area (Å²) < 4.78 is 14.5. The molecule has 1 aromatic rings. The molecule has 0 unspecified atom stereocenters. The maximum Gasteiger partial charge on any atom is 0.384 e. The van der Waals surface area contributed by atoms with E-state index in [9.17, 15) is 4.79 Å². The second-order valence-electron chi connectivity index (χ2n) is 2.84. The zero-order valence-electron chi connectivity index (χ0n) is 12.8.